The number of aromatic amines is 1. The number of nitrogens with two attached hydrogens (primary N) is 1. The molecule has 2 heterocycles. The molecule has 1 aliphatic heterocycles. The number of H-pyrrole nitrogens is 1. The van der Waals surface area contributed by atoms with E-state index in [1.165, 1.54) is 6.07 Å². The molecule has 2 aromatic rings. The lowest BCUT2D eigenvalue weighted by Gasteiger charge is -2.34. The Labute approximate surface area is 129 Å². The number of piperidine rings is 1. The molecule has 1 saturated heterocycles. The van der Waals surface area contributed by atoms with Gasteiger partial charge in [0, 0.05) is 18.2 Å². The van der Waals surface area contributed by atoms with Crippen LogP contribution in [-0.4, -0.2) is 40.8 Å². The summed E-state index contributed by atoms with van der Waals surface area (Å²) in [7, 11) is 0. The fraction of sp³-hybridized carbons (Fsp3) is 0.562. The Balaban J connectivity index is 1.60. The third-order valence-electron chi connectivity index (χ3n) is 4.48. The topological polar surface area (TPSA) is 67.2 Å². The number of rotatable bonds is 4. The number of benzene rings is 1. The number of aromatic nitrogens is 2. The Hall–Kier alpha value is -1.82. The second-order valence-corrected chi connectivity index (χ2v) is 6.32. The van der Waals surface area contributed by atoms with Crippen LogP contribution in [0.25, 0.3) is 10.9 Å². The van der Waals surface area contributed by atoms with E-state index in [9.17, 15) is 4.39 Å². The van der Waals surface area contributed by atoms with E-state index in [0.717, 1.165) is 25.9 Å². The Bertz CT molecular complexity index is 647. The molecule has 1 fully saturated rings. The Kier molecular flexibility index (Phi) is 4.20. The summed E-state index contributed by atoms with van der Waals surface area (Å²) in [4.78, 5) is 2.48. The molecule has 6 heteroatoms. The molecule has 0 spiro atoms. The van der Waals surface area contributed by atoms with E-state index in [0.29, 0.717) is 35.2 Å². The molecule has 1 aromatic heterocycles. The molecule has 0 aliphatic carbocycles. The number of halogens is 1. The average Bonchev–Trinajstić information content (AvgIpc) is 2.87. The third-order valence-corrected chi connectivity index (χ3v) is 4.48. The van der Waals surface area contributed by atoms with Crippen molar-refractivity contribution in [2.45, 2.75) is 32.7 Å². The second kappa shape index (κ2) is 6.12. The molecule has 1 aromatic carbocycles. The Morgan fingerprint density at radius 2 is 2.14 bits per heavy atom. The van der Waals surface area contributed by atoms with E-state index < -0.39 is 5.82 Å². The van der Waals surface area contributed by atoms with E-state index >= 15 is 0 Å². The van der Waals surface area contributed by atoms with Crippen molar-refractivity contribution >= 4 is 16.7 Å². The fourth-order valence-corrected chi connectivity index (χ4v) is 3.04. The van der Waals surface area contributed by atoms with Crippen molar-refractivity contribution in [3.8, 4) is 5.75 Å². The molecule has 3 N–H and O–H groups in total. The van der Waals surface area contributed by atoms with Gasteiger partial charge < -0.3 is 15.4 Å². The lowest BCUT2D eigenvalue weighted by molar-refractivity contribution is 0.119. The summed E-state index contributed by atoms with van der Waals surface area (Å²) in [6, 6.07) is 3.74. The van der Waals surface area contributed by atoms with Crippen LogP contribution in [0, 0.1) is 11.7 Å². The molecule has 0 bridgehead atoms. The maximum atomic E-state index is 14.0. The van der Waals surface area contributed by atoms with Crippen molar-refractivity contribution in [1.29, 1.82) is 0 Å². The third kappa shape index (κ3) is 3.02. The molecule has 0 atom stereocenters. The first-order valence-electron chi connectivity index (χ1n) is 7.84. The highest BCUT2D eigenvalue weighted by Gasteiger charge is 2.21. The molecule has 0 unspecified atom stereocenters. The minimum absolute atomic E-state index is 0.181. The summed E-state index contributed by atoms with van der Waals surface area (Å²) in [5.74, 6) is 0.842. The van der Waals surface area contributed by atoms with Gasteiger partial charge in [-0.25, -0.2) is 4.39 Å². The summed E-state index contributed by atoms with van der Waals surface area (Å²) < 4.78 is 19.8. The molecule has 0 amide bonds. The molecule has 120 valence electrons. The number of hydrogen-bond donors (Lipinski definition) is 2. The molecule has 22 heavy (non-hydrogen) atoms. The van der Waals surface area contributed by atoms with Gasteiger partial charge >= 0.3 is 0 Å². The predicted octanol–water partition coefficient (Wildman–Crippen LogP) is 2.78. The summed E-state index contributed by atoms with van der Waals surface area (Å²) >= 11 is 0. The molecular weight excluding hydrogens is 283 g/mol. The van der Waals surface area contributed by atoms with Gasteiger partial charge in [-0.1, -0.05) is 0 Å². The van der Waals surface area contributed by atoms with Gasteiger partial charge in [0.2, 0.25) is 0 Å². The van der Waals surface area contributed by atoms with E-state index in [4.69, 9.17) is 10.5 Å². The van der Waals surface area contributed by atoms with Gasteiger partial charge in [-0.2, -0.15) is 5.10 Å². The summed E-state index contributed by atoms with van der Waals surface area (Å²) in [5, 5.41) is 6.88. The second-order valence-electron chi connectivity index (χ2n) is 6.32. The first-order valence-corrected chi connectivity index (χ1v) is 7.84. The van der Waals surface area contributed by atoms with Gasteiger partial charge in [0.1, 0.15) is 11.6 Å². The number of likely N-dealkylation sites (tertiary alicyclic amines) is 1. The van der Waals surface area contributed by atoms with Gasteiger partial charge in [0.05, 0.1) is 17.5 Å². The fourth-order valence-electron chi connectivity index (χ4n) is 3.04. The van der Waals surface area contributed by atoms with Crippen molar-refractivity contribution in [2.75, 3.05) is 25.4 Å². The van der Waals surface area contributed by atoms with Crippen LogP contribution in [0.4, 0.5) is 10.2 Å². The number of hydrogen-bond acceptors (Lipinski definition) is 4. The van der Waals surface area contributed by atoms with Crippen molar-refractivity contribution in [1.82, 2.24) is 15.1 Å². The molecule has 0 saturated carbocycles. The zero-order valence-corrected chi connectivity index (χ0v) is 13.1. The standard InChI is InChI=1S/C16H23FN4O/c1-10(2)21-5-3-11(4-6-21)9-22-12-7-13(17)15-14(8-12)19-20-16(15)18/h7-8,10-11H,3-6,9H2,1-2H3,(H3,18,19,20). The number of nitrogen functional groups attached to an aromatic ring is 1. The van der Waals surface area contributed by atoms with Crippen LogP contribution in [0.15, 0.2) is 12.1 Å². The highest BCUT2D eigenvalue weighted by atomic mass is 19.1. The van der Waals surface area contributed by atoms with Crippen LogP contribution in [0.2, 0.25) is 0 Å². The molecule has 1 aliphatic rings. The van der Waals surface area contributed by atoms with Gasteiger partial charge in [0.25, 0.3) is 0 Å². The lowest BCUT2D eigenvalue weighted by atomic mass is 9.97. The molecular formula is C16H23FN4O. The zero-order valence-electron chi connectivity index (χ0n) is 13.1. The normalized spacial score (nSPS) is 17.5. The number of nitrogens with zero attached hydrogens (tertiary/aromatic N) is 2. The minimum atomic E-state index is -0.395. The lowest BCUT2D eigenvalue weighted by Crippen LogP contribution is -2.39. The molecule has 3 rings (SSSR count). The zero-order chi connectivity index (χ0) is 15.7. The number of ether oxygens (including phenoxy) is 1. The highest BCUT2D eigenvalue weighted by Crippen LogP contribution is 2.27. The van der Waals surface area contributed by atoms with Crippen LogP contribution < -0.4 is 10.5 Å². The smallest absolute Gasteiger partial charge is 0.156 e. The predicted molar refractivity (Wildman–Crippen MR) is 85.4 cm³/mol. The molecule has 5 nitrogen and oxygen atoms in total. The van der Waals surface area contributed by atoms with E-state index in [1.54, 1.807) is 6.07 Å². The maximum absolute atomic E-state index is 14.0. The van der Waals surface area contributed by atoms with Crippen LogP contribution in [0.1, 0.15) is 26.7 Å². The number of anilines is 1. The van der Waals surface area contributed by atoms with E-state index in [2.05, 4.69) is 28.9 Å². The van der Waals surface area contributed by atoms with Gasteiger partial charge in [-0.15, -0.1) is 0 Å². The van der Waals surface area contributed by atoms with Crippen molar-refractivity contribution in [2.24, 2.45) is 5.92 Å². The Morgan fingerprint density at radius 3 is 2.82 bits per heavy atom. The van der Waals surface area contributed by atoms with Crippen LogP contribution in [0.3, 0.4) is 0 Å². The first-order chi connectivity index (χ1) is 10.5. The first kappa shape index (κ1) is 15.1. The van der Waals surface area contributed by atoms with Gasteiger partial charge in [0.15, 0.2) is 5.82 Å². The summed E-state index contributed by atoms with van der Waals surface area (Å²) in [6.45, 7) is 7.29. The van der Waals surface area contributed by atoms with Crippen LogP contribution in [0.5, 0.6) is 5.75 Å². The number of fused-ring (bicyclic) bond motifs is 1. The Morgan fingerprint density at radius 1 is 1.41 bits per heavy atom. The van der Waals surface area contributed by atoms with Crippen molar-refractivity contribution in [3.63, 3.8) is 0 Å². The van der Waals surface area contributed by atoms with Crippen molar-refractivity contribution < 1.29 is 9.13 Å². The van der Waals surface area contributed by atoms with Crippen LogP contribution >= 0.6 is 0 Å². The molecule has 0 radical (unpaired) electrons. The van der Waals surface area contributed by atoms with Crippen molar-refractivity contribution in [3.05, 3.63) is 17.9 Å². The van der Waals surface area contributed by atoms with E-state index in [1.807, 2.05) is 0 Å². The quantitative estimate of drug-likeness (QED) is 0.911. The highest BCUT2D eigenvalue weighted by molar-refractivity contribution is 5.90. The minimum Gasteiger partial charge on any atom is -0.493 e. The number of nitrogens with one attached hydrogen (secondary N) is 1. The largest absolute Gasteiger partial charge is 0.493 e. The van der Waals surface area contributed by atoms with Crippen LogP contribution in [-0.2, 0) is 0 Å². The van der Waals surface area contributed by atoms with E-state index in [-0.39, 0.29) is 5.82 Å². The van der Waals surface area contributed by atoms with Gasteiger partial charge in [-0.05, 0) is 45.7 Å². The van der Waals surface area contributed by atoms with Gasteiger partial charge in [-0.3, -0.25) is 5.10 Å². The summed E-state index contributed by atoms with van der Waals surface area (Å²) in [6.07, 6.45) is 2.25. The summed E-state index contributed by atoms with van der Waals surface area (Å²) in [5.41, 5.74) is 6.20. The SMILES string of the molecule is CC(C)N1CCC(COc2cc(F)c3c(N)n[nH]c3c2)CC1. The maximum Gasteiger partial charge on any atom is 0.156 e. The average molecular weight is 306 g/mol. The monoisotopic (exact) mass is 306 g/mol.